The molecule has 3 rings (SSSR count). The second kappa shape index (κ2) is 7.03. The number of hydrogen-bond donors (Lipinski definition) is 1. The van der Waals surface area contributed by atoms with E-state index in [1.54, 1.807) is 24.3 Å². The molecule has 1 N–H and O–H groups in total. The van der Waals surface area contributed by atoms with Gasteiger partial charge >= 0.3 is 0 Å². The first-order valence-electron chi connectivity index (χ1n) is 7.68. The number of carbonyl (C=O) groups is 1. The molecule has 0 aliphatic rings. The molecule has 1 amide bonds. The van der Waals surface area contributed by atoms with Crippen LogP contribution in [0.1, 0.15) is 11.3 Å². The molecular formula is C18H19ClN4O. The zero-order valence-corrected chi connectivity index (χ0v) is 14.4. The second-order valence-electron chi connectivity index (χ2n) is 5.93. The van der Waals surface area contributed by atoms with E-state index in [2.05, 4.69) is 10.3 Å². The van der Waals surface area contributed by atoms with Crippen molar-refractivity contribution < 1.29 is 4.79 Å². The molecule has 0 bridgehead atoms. The molecular weight excluding hydrogens is 324 g/mol. The molecule has 0 unspecified atom stereocenters. The lowest BCUT2D eigenvalue weighted by Crippen LogP contribution is -2.29. The Balaban J connectivity index is 1.58. The maximum Gasteiger partial charge on any atom is 0.238 e. The minimum atomic E-state index is -0.0700. The molecule has 6 heteroatoms. The van der Waals surface area contributed by atoms with Gasteiger partial charge in [0.1, 0.15) is 5.65 Å². The lowest BCUT2D eigenvalue weighted by molar-refractivity contribution is -0.117. The van der Waals surface area contributed by atoms with Crippen molar-refractivity contribution in [2.45, 2.75) is 13.5 Å². The van der Waals surface area contributed by atoms with E-state index in [9.17, 15) is 4.79 Å². The van der Waals surface area contributed by atoms with Crippen LogP contribution in [-0.2, 0) is 11.3 Å². The quantitative estimate of drug-likeness (QED) is 0.773. The summed E-state index contributed by atoms with van der Waals surface area (Å²) in [5.74, 6) is -0.0700. The number of anilines is 1. The summed E-state index contributed by atoms with van der Waals surface area (Å²) in [5.41, 5.74) is 3.76. The van der Waals surface area contributed by atoms with Crippen LogP contribution in [0.4, 0.5) is 5.69 Å². The van der Waals surface area contributed by atoms with Gasteiger partial charge in [-0.15, -0.1) is 0 Å². The monoisotopic (exact) mass is 342 g/mol. The van der Waals surface area contributed by atoms with Gasteiger partial charge in [-0.1, -0.05) is 17.7 Å². The fraction of sp³-hybridized carbons (Fsp3) is 0.222. The van der Waals surface area contributed by atoms with E-state index in [0.29, 0.717) is 11.6 Å². The van der Waals surface area contributed by atoms with Crippen LogP contribution in [0.5, 0.6) is 0 Å². The number of pyridine rings is 1. The smallest absolute Gasteiger partial charge is 0.238 e. The zero-order valence-electron chi connectivity index (χ0n) is 13.7. The highest BCUT2D eigenvalue weighted by molar-refractivity contribution is 6.30. The molecule has 0 atom stereocenters. The largest absolute Gasteiger partial charge is 0.325 e. The fourth-order valence-electron chi connectivity index (χ4n) is 2.54. The van der Waals surface area contributed by atoms with Gasteiger partial charge in [-0.25, -0.2) is 4.98 Å². The first-order valence-corrected chi connectivity index (χ1v) is 8.05. The van der Waals surface area contributed by atoms with Gasteiger partial charge in [0, 0.05) is 29.6 Å². The molecule has 0 saturated carbocycles. The minimum absolute atomic E-state index is 0.0700. The van der Waals surface area contributed by atoms with Crippen LogP contribution in [0.3, 0.4) is 0 Å². The molecule has 0 radical (unpaired) electrons. The summed E-state index contributed by atoms with van der Waals surface area (Å²) in [5, 5.41) is 3.50. The van der Waals surface area contributed by atoms with Gasteiger partial charge in [-0.3, -0.25) is 9.69 Å². The number of aromatic nitrogens is 2. The number of halogens is 1. The summed E-state index contributed by atoms with van der Waals surface area (Å²) in [4.78, 5) is 18.6. The highest BCUT2D eigenvalue weighted by Gasteiger charge is 2.10. The summed E-state index contributed by atoms with van der Waals surface area (Å²) in [6.07, 6.45) is 4.04. The van der Waals surface area contributed by atoms with Crippen molar-refractivity contribution in [3.8, 4) is 0 Å². The third-order valence-electron chi connectivity index (χ3n) is 3.62. The molecule has 124 valence electrons. The summed E-state index contributed by atoms with van der Waals surface area (Å²) >= 11 is 5.84. The van der Waals surface area contributed by atoms with Crippen LogP contribution in [0, 0.1) is 6.92 Å². The topological polar surface area (TPSA) is 49.6 Å². The van der Waals surface area contributed by atoms with Gasteiger partial charge in [0.25, 0.3) is 0 Å². The van der Waals surface area contributed by atoms with Crippen LogP contribution >= 0.6 is 11.6 Å². The predicted octanol–water partition coefficient (Wildman–Crippen LogP) is 3.37. The molecule has 24 heavy (non-hydrogen) atoms. The first kappa shape index (κ1) is 16.5. The highest BCUT2D eigenvalue weighted by atomic mass is 35.5. The number of aryl methyl sites for hydroxylation is 1. The minimum Gasteiger partial charge on any atom is -0.325 e. The first-order chi connectivity index (χ1) is 11.5. The number of imidazole rings is 1. The molecule has 3 aromatic rings. The van der Waals surface area contributed by atoms with E-state index < -0.39 is 0 Å². The van der Waals surface area contributed by atoms with Crippen molar-refractivity contribution >= 4 is 28.8 Å². The van der Waals surface area contributed by atoms with Crippen molar-refractivity contribution in [1.29, 1.82) is 0 Å². The predicted molar refractivity (Wildman–Crippen MR) is 96.3 cm³/mol. The molecule has 0 aliphatic heterocycles. The van der Waals surface area contributed by atoms with Crippen molar-refractivity contribution in [1.82, 2.24) is 14.3 Å². The second-order valence-corrected chi connectivity index (χ2v) is 6.37. The Morgan fingerprint density at radius 1 is 1.21 bits per heavy atom. The van der Waals surface area contributed by atoms with Gasteiger partial charge in [-0.05, 0) is 49.9 Å². The van der Waals surface area contributed by atoms with Crippen LogP contribution < -0.4 is 5.32 Å². The van der Waals surface area contributed by atoms with Gasteiger partial charge in [0.05, 0.1) is 12.2 Å². The molecule has 0 spiro atoms. The third-order valence-corrected chi connectivity index (χ3v) is 3.87. The van der Waals surface area contributed by atoms with E-state index in [1.807, 2.05) is 47.8 Å². The average Bonchev–Trinajstić information content (AvgIpc) is 2.90. The van der Waals surface area contributed by atoms with Crippen molar-refractivity contribution in [2.75, 3.05) is 18.9 Å². The van der Waals surface area contributed by atoms with Crippen molar-refractivity contribution in [3.63, 3.8) is 0 Å². The van der Waals surface area contributed by atoms with Crippen molar-refractivity contribution in [2.24, 2.45) is 0 Å². The number of fused-ring (bicyclic) bond motifs is 1. The van der Waals surface area contributed by atoms with Crippen LogP contribution in [-0.4, -0.2) is 33.8 Å². The number of benzene rings is 1. The van der Waals surface area contributed by atoms with E-state index in [4.69, 9.17) is 11.6 Å². The highest BCUT2D eigenvalue weighted by Crippen LogP contribution is 2.13. The average molecular weight is 343 g/mol. The van der Waals surface area contributed by atoms with E-state index in [-0.39, 0.29) is 12.5 Å². The lowest BCUT2D eigenvalue weighted by Gasteiger charge is -2.14. The molecule has 0 saturated heterocycles. The van der Waals surface area contributed by atoms with E-state index >= 15 is 0 Å². The Morgan fingerprint density at radius 2 is 1.96 bits per heavy atom. The number of likely N-dealkylation sites (N-methyl/N-ethyl adjacent to an activating group) is 1. The van der Waals surface area contributed by atoms with Crippen LogP contribution in [0.25, 0.3) is 5.65 Å². The number of carbonyl (C=O) groups excluding carboxylic acids is 1. The molecule has 2 heterocycles. The normalized spacial score (nSPS) is 11.2. The summed E-state index contributed by atoms with van der Waals surface area (Å²) in [6.45, 7) is 2.94. The summed E-state index contributed by atoms with van der Waals surface area (Å²) in [7, 11) is 1.90. The van der Waals surface area contributed by atoms with Gasteiger partial charge in [0.2, 0.25) is 5.91 Å². The molecule has 5 nitrogen and oxygen atoms in total. The van der Waals surface area contributed by atoms with Crippen LogP contribution in [0.15, 0.2) is 48.8 Å². The third kappa shape index (κ3) is 4.13. The Bertz CT molecular complexity index is 857. The molecule has 0 aliphatic carbocycles. The summed E-state index contributed by atoms with van der Waals surface area (Å²) in [6, 6.07) is 11.1. The van der Waals surface area contributed by atoms with Gasteiger partial charge in [-0.2, -0.15) is 0 Å². The van der Waals surface area contributed by atoms with Gasteiger partial charge < -0.3 is 9.72 Å². The van der Waals surface area contributed by atoms with Crippen LogP contribution in [0.2, 0.25) is 5.02 Å². The number of amides is 1. The lowest BCUT2D eigenvalue weighted by atomic mass is 10.3. The Labute approximate surface area is 145 Å². The number of hydrogen-bond acceptors (Lipinski definition) is 3. The standard InChI is InChI=1S/C18H19ClN4O/c1-13-3-8-17-20-16(11-23(17)9-13)10-22(2)12-18(24)21-15-6-4-14(19)5-7-15/h3-9,11H,10,12H2,1-2H3,(H,21,24). The number of nitrogens with zero attached hydrogens (tertiary/aromatic N) is 3. The maximum atomic E-state index is 12.1. The number of nitrogens with one attached hydrogen (secondary N) is 1. The number of rotatable bonds is 5. The van der Waals surface area contributed by atoms with Gasteiger partial charge in [0.15, 0.2) is 0 Å². The zero-order chi connectivity index (χ0) is 17.1. The molecule has 1 aromatic carbocycles. The van der Waals surface area contributed by atoms with E-state index in [1.165, 1.54) is 5.56 Å². The van der Waals surface area contributed by atoms with Crippen molar-refractivity contribution in [3.05, 3.63) is 65.1 Å². The Morgan fingerprint density at radius 3 is 2.71 bits per heavy atom. The Kier molecular flexibility index (Phi) is 4.83. The maximum absolute atomic E-state index is 12.1. The summed E-state index contributed by atoms with van der Waals surface area (Å²) < 4.78 is 2.01. The fourth-order valence-corrected chi connectivity index (χ4v) is 2.67. The Hall–Kier alpha value is -2.37. The SMILES string of the molecule is Cc1ccc2nc(CN(C)CC(=O)Nc3ccc(Cl)cc3)cn2c1. The molecule has 0 fully saturated rings. The molecule has 2 aromatic heterocycles. The van der Waals surface area contributed by atoms with E-state index in [0.717, 1.165) is 17.0 Å².